The van der Waals surface area contributed by atoms with Crippen molar-refractivity contribution >= 4 is 17.8 Å². The Morgan fingerprint density at radius 3 is 2.43 bits per heavy atom. The van der Waals surface area contributed by atoms with E-state index < -0.39 is 11.7 Å². The number of rotatable bonds is 7. The van der Waals surface area contributed by atoms with Crippen molar-refractivity contribution < 1.29 is 24.2 Å². The minimum Gasteiger partial charge on any atom is -0.460 e. The van der Waals surface area contributed by atoms with Gasteiger partial charge in [0.15, 0.2) is 0 Å². The van der Waals surface area contributed by atoms with E-state index in [0.29, 0.717) is 32.4 Å². The molecular weight excluding hydrogens is 300 g/mol. The van der Waals surface area contributed by atoms with E-state index >= 15 is 0 Å². The molecule has 7 heteroatoms. The van der Waals surface area contributed by atoms with E-state index in [0.717, 1.165) is 0 Å². The molecule has 0 spiro atoms. The van der Waals surface area contributed by atoms with E-state index in [4.69, 9.17) is 4.74 Å². The first-order valence-electron chi connectivity index (χ1n) is 8.12. The summed E-state index contributed by atoms with van der Waals surface area (Å²) in [6.45, 7) is 6.27. The minimum atomic E-state index is -0.488. The average Bonchev–Trinajstić information content (AvgIpc) is 2.85. The van der Waals surface area contributed by atoms with Gasteiger partial charge in [0.25, 0.3) is 0 Å². The first-order chi connectivity index (χ1) is 10.7. The molecule has 2 amide bonds. The Kier molecular flexibility index (Phi) is 7.48. The lowest BCUT2D eigenvalue weighted by Gasteiger charge is -2.19. The molecule has 0 aromatic heterocycles. The molecule has 0 aliphatic carbocycles. The van der Waals surface area contributed by atoms with Crippen LogP contribution >= 0.6 is 0 Å². The number of aliphatic hydroxyl groups is 1. The van der Waals surface area contributed by atoms with Gasteiger partial charge in [0.2, 0.25) is 11.8 Å². The van der Waals surface area contributed by atoms with Crippen LogP contribution in [0, 0.1) is 0 Å². The molecule has 2 N–H and O–H groups in total. The van der Waals surface area contributed by atoms with Gasteiger partial charge in [-0.15, -0.1) is 0 Å². The summed E-state index contributed by atoms with van der Waals surface area (Å²) in [4.78, 5) is 36.5. The van der Waals surface area contributed by atoms with E-state index in [-0.39, 0.29) is 37.2 Å². The van der Waals surface area contributed by atoms with Gasteiger partial charge < -0.3 is 20.1 Å². The third kappa shape index (κ3) is 8.54. The van der Waals surface area contributed by atoms with Crippen LogP contribution in [0.3, 0.4) is 0 Å². The van der Waals surface area contributed by atoms with Gasteiger partial charge in [0.05, 0.1) is 12.6 Å². The van der Waals surface area contributed by atoms with Crippen molar-refractivity contribution in [3.05, 3.63) is 0 Å². The number of β-amino-alcohol motifs (C(OH)–C–C–N with tert-alkyl or cyclic N) is 1. The third-order valence-corrected chi connectivity index (χ3v) is 3.41. The SMILES string of the molecule is CC(C)(C)OC(=O)CCCCC(=O)NCC(=O)N1CCC(O)C1. The number of nitrogens with zero attached hydrogens (tertiary/aromatic N) is 1. The molecule has 0 aromatic rings. The van der Waals surface area contributed by atoms with E-state index in [2.05, 4.69) is 5.32 Å². The molecule has 0 bridgehead atoms. The molecule has 1 unspecified atom stereocenters. The number of hydrogen-bond acceptors (Lipinski definition) is 5. The second kappa shape index (κ2) is 8.86. The fourth-order valence-corrected chi connectivity index (χ4v) is 2.29. The topological polar surface area (TPSA) is 95.9 Å². The smallest absolute Gasteiger partial charge is 0.306 e. The zero-order valence-electron chi connectivity index (χ0n) is 14.3. The van der Waals surface area contributed by atoms with Gasteiger partial charge in [-0.1, -0.05) is 0 Å². The van der Waals surface area contributed by atoms with E-state index in [1.54, 1.807) is 4.90 Å². The van der Waals surface area contributed by atoms with Crippen molar-refractivity contribution in [2.24, 2.45) is 0 Å². The lowest BCUT2D eigenvalue weighted by molar-refractivity contribution is -0.155. The highest BCUT2D eigenvalue weighted by molar-refractivity contribution is 5.84. The Hall–Kier alpha value is -1.63. The van der Waals surface area contributed by atoms with Crippen LogP contribution in [-0.2, 0) is 19.1 Å². The standard InChI is InChI=1S/C16H28N2O5/c1-16(2,3)23-15(22)7-5-4-6-13(20)17-10-14(21)18-9-8-12(19)11-18/h12,19H,4-11H2,1-3H3,(H,17,20). The predicted octanol–water partition coefficient (Wildman–Crippen LogP) is 0.598. The number of hydrogen-bond donors (Lipinski definition) is 2. The van der Waals surface area contributed by atoms with Crippen molar-refractivity contribution in [2.45, 2.75) is 64.6 Å². The molecule has 1 fully saturated rings. The number of carbonyl (C=O) groups excluding carboxylic acids is 3. The maximum atomic E-state index is 11.8. The lowest BCUT2D eigenvalue weighted by atomic mass is 10.1. The molecule has 1 saturated heterocycles. The quantitative estimate of drug-likeness (QED) is 0.527. The van der Waals surface area contributed by atoms with Gasteiger partial charge in [0.1, 0.15) is 5.60 Å². The summed E-state index contributed by atoms with van der Waals surface area (Å²) >= 11 is 0. The highest BCUT2D eigenvalue weighted by atomic mass is 16.6. The molecule has 0 radical (unpaired) electrons. The van der Waals surface area contributed by atoms with Crippen LogP contribution in [0.1, 0.15) is 52.9 Å². The summed E-state index contributed by atoms with van der Waals surface area (Å²) in [5.74, 6) is -0.647. The Labute approximate surface area is 137 Å². The number of unbranched alkanes of at least 4 members (excludes halogenated alkanes) is 1. The molecule has 23 heavy (non-hydrogen) atoms. The summed E-state index contributed by atoms with van der Waals surface area (Å²) in [7, 11) is 0. The van der Waals surface area contributed by atoms with Crippen LogP contribution in [0.4, 0.5) is 0 Å². The van der Waals surface area contributed by atoms with Crippen LogP contribution in [0.5, 0.6) is 0 Å². The number of aliphatic hydroxyl groups excluding tert-OH is 1. The highest BCUT2D eigenvalue weighted by Gasteiger charge is 2.24. The third-order valence-electron chi connectivity index (χ3n) is 3.41. The van der Waals surface area contributed by atoms with E-state index in [9.17, 15) is 19.5 Å². The van der Waals surface area contributed by atoms with Gasteiger partial charge >= 0.3 is 5.97 Å². The Balaban J connectivity index is 2.08. The van der Waals surface area contributed by atoms with E-state index in [1.807, 2.05) is 20.8 Å². The second-order valence-electron chi connectivity index (χ2n) is 6.85. The number of carbonyl (C=O) groups is 3. The molecule has 0 saturated carbocycles. The highest BCUT2D eigenvalue weighted by Crippen LogP contribution is 2.11. The van der Waals surface area contributed by atoms with Crippen molar-refractivity contribution in [1.82, 2.24) is 10.2 Å². The molecule has 7 nitrogen and oxygen atoms in total. The summed E-state index contributed by atoms with van der Waals surface area (Å²) in [6, 6.07) is 0. The maximum absolute atomic E-state index is 11.8. The van der Waals surface area contributed by atoms with Crippen LogP contribution in [0.15, 0.2) is 0 Å². The van der Waals surface area contributed by atoms with Crippen molar-refractivity contribution in [3.63, 3.8) is 0 Å². The number of likely N-dealkylation sites (tertiary alicyclic amines) is 1. The zero-order chi connectivity index (χ0) is 17.5. The summed E-state index contributed by atoms with van der Waals surface area (Å²) < 4.78 is 5.18. The minimum absolute atomic E-state index is 0.0440. The van der Waals surface area contributed by atoms with Gasteiger partial charge in [-0.25, -0.2) is 0 Å². The van der Waals surface area contributed by atoms with Crippen LogP contribution in [-0.4, -0.2) is 59.1 Å². The largest absolute Gasteiger partial charge is 0.460 e. The van der Waals surface area contributed by atoms with Gasteiger partial charge in [-0.05, 0) is 40.0 Å². The van der Waals surface area contributed by atoms with Crippen molar-refractivity contribution in [3.8, 4) is 0 Å². The van der Waals surface area contributed by atoms with E-state index in [1.165, 1.54) is 0 Å². The lowest BCUT2D eigenvalue weighted by Crippen LogP contribution is -2.39. The molecule has 0 aromatic carbocycles. The fourth-order valence-electron chi connectivity index (χ4n) is 2.29. The van der Waals surface area contributed by atoms with Gasteiger partial charge in [-0.3, -0.25) is 14.4 Å². The fraction of sp³-hybridized carbons (Fsp3) is 0.812. The molecule has 1 atom stereocenters. The first-order valence-corrected chi connectivity index (χ1v) is 8.12. The molecule has 132 valence electrons. The van der Waals surface area contributed by atoms with Crippen LogP contribution in [0.2, 0.25) is 0 Å². The predicted molar refractivity (Wildman–Crippen MR) is 84.5 cm³/mol. The normalized spacial score (nSPS) is 17.9. The molecule has 1 rings (SSSR count). The molecule has 1 aliphatic heterocycles. The molecular formula is C16H28N2O5. The summed E-state index contributed by atoms with van der Waals surface area (Å²) in [6.07, 6.45) is 1.84. The van der Waals surface area contributed by atoms with Gasteiger partial charge in [0, 0.05) is 25.9 Å². The molecule has 1 heterocycles. The average molecular weight is 328 g/mol. The van der Waals surface area contributed by atoms with Crippen molar-refractivity contribution in [2.75, 3.05) is 19.6 Å². The number of nitrogens with one attached hydrogen (secondary N) is 1. The summed E-state index contributed by atoms with van der Waals surface area (Å²) in [5.41, 5.74) is -0.488. The summed E-state index contributed by atoms with van der Waals surface area (Å²) in [5, 5.41) is 11.9. The maximum Gasteiger partial charge on any atom is 0.306 e. The van der Waals surface area contributed by atoms with Crippen LogP contribution < -0.4 is 5.32 Å². The Morgan fingerprint density at radius 2 is 1.87 bits per heavy atom. The monoisotopic (exact) mass is 328 g/mol. The zero-order valence-corrected chi connectivity index (χ0v) is 14.3. The first kappa shape index (κ1) is 19.4. The second-order valence-corrected chi connectivity index (χ2v) is 6.85. The number of amides is 2. The number of esters is 1. The Bertz CT molecular complexity index is 431. The van der Waals surface area contributed by atoms with Crippen molar-refractivity contribution in [1.29, 1.82) is 0 Å². The van der Waals surface area contributed by atoms with Crippen LogP contribution in [0.25, 0.3) is 0 Å². The molecule has 1 aliphatic rings. The Morgan fingerprint density at radius 1 is 1.22 bits per heavy atom. The van der Waals surface area contributed by atoms with Gasteiger partial charge in [-0.2, -0.15) is 0 Å². The number of ether oxygens (including phenoxy) is 1.